The van der Waals surface area contributed by atoms with Crippen molar-refractivity contribution in [2.45, 2.75) is 145 Å². The van der Waals surface area contributed by atoms with Crippen molar-refractivity contribution in [2.75, 3.05) is 32.7 Å². The molecule has 0 saturated heterocycles. The molecule has 0 aliphatic heterocycles. The molecular weight excluding hydrogens is 1210 g/mol. The quantitative estimate of drug-likeness (QED) is 0.0117. The van der Waals surface area contributed by atoms with Gasteiger partial charge in [-0.2, -0.15) is 0 Å². The number of rotatable bonds is 41. The lowest BCUT2D eigenvalue weighted by Gasteiger charge is -2.28. The van der Waals surface area contributed by atoms with Crippen LogP contribution in [-0.2, 0) is 57.6 Å². The second-order valence-corrected chi connectivity index (χ2v) is 23.0. The molecule has 508 valence electrons. The van der Waals surface area contributed by atoms with Crippen LogP contribution in [0.1, 0.15) is 93.7 Å². The highest BCUT2D eigenvalue weighted by Crippen LogP contribution is 2.23. The Balaban J connectivity index is 1.35. The largest absolute Gasteiger partial charge is 0.480 e. The maximum Gasteiger partial charge on any atom is 0.326 e. The van der Waals surface area contributed by atoms with Gasteiger partial charge in [0.05, 0.1) is 6.04 Å². The molecule has 3 aromatic heterocycles. The van der Waals surface area contributed by atoms with E-state index in [1.54, 1.807) is 24.7 Å². The van der Waals surface area contributed by atoms with Gasteiger partial charge in [0.2, 0.25) is 41.4 Å². The van der Waals surface area contributed by atoms with Crippen molar-refractivity contribution in [1.82, 2.24) is 52.2 Å². The van der Waals surface area contributed by atoms with Crippen LogP contribution in [0.3, 0.4) is 0 Å². The summed E-state index contributed by atoms with van der Waals surface area (Å²) in [6, 6.07) is 11.2. The van der Waals surface area contributed by atoms with Gasteiger partial charge in [0, 0.05) is 90.2 Å². The van der Waals surface area contributed by atoms with E-state index in [0.717, 1.165) is 32.7 Å². The highest BCUT2D eigenvalue weighted by Gasteiger charge is 2.36. The zero-order valence-electron chi connectivity index (χ0n) is 52.7. The van der Waals surface area contributed by atoms with Crippen molar-refractivity contribution in [3.05, 3.63) is 108 Å². The number of carbonyl (C=O) groups excluding carboxylic acids is 7. The fraction of sp³-hybridized carbons (Fsp3) is 0.444. The Hall–Kier alpha value is -10.3. The van der Waals surface area contributed by atoms with Gasteiger partial charge in [0.25, 0.3) is 0 Å². The number of fused-ring (bicyclic) bond motifs is 3. The number of hydrogen-bond acceptors (Lipinski definition) is 14. The number of nitrogens with one attached hydrogen (secondary N) is 10. The van der Waals surface area contributed by atoms with Crippen LogP contribution in [0.4, 0.5) is 0 Å². The number of benzene rings is 3. The third-order valence-electron chi connectivity index (χ3n) is 15.8. The molecule has 6 aromatic rings. The number of guanidine groups is 3. The van der Waals surface area contributed by atoms with E-state index < -0.39 is 95.7 Å². The SMILES string of the molecule is NCCCC[C@H](NC(=O)[C@H](Cc1c[nH]c2ccccc12)NC(=O)[C@H](Cc1c[nH]c2ccccc12)NC(=O)[C@H](CCCN=C(N)N)NC(=O)[C@@H](N)CCCCN)C(=O)N[C@@H](Cc1c[nH]c2ccccc12)C(=O)N[C@@H](CCCN=C(N)N)C(=O)N[C@@H](CCCN=C(N)N)C(=O)O. The first-order valence-electron chi connectivity index (χ1n) is 31.5. The molecule has 0 unspecified atom stereocenters. The van der Waals surface area contributed by atoms with Crippen LogP contribution >= 0.6 is 0 Å². The van der Waals surface area contributed by atoms with E-state index >= 15 is 14.4 Å². The number of amides is 7. The summed E-state index contributed by atoms with van der Waals surface area (Å²) in [7, 11) is 0. The minimum atomic E-state index is -1.45. The Morgan fingerprint density at radius 1 is 0.372 bits per heavy atom. The lowest BCUT2D eigenvalue weighted by Crippen LogP contribution is -2.61. The Kier molecular flexibility index (Phi) is 28.9. The predicted molar refractivity (Wildman–Crippen MR) is 361 cm³/mol. The van der Waals surface area contributed by atoms with E-state index in [1.165, 1.54) is 0 Å². The molecule has 3 aromatic carbocycles. The third kappa shape index (κ3) is 22.8. The van der Waals surface area contributed by atoms with Crippen LogP contribution in [0.15, 0.2) is 106 Å². The molecule has 29 N–H and O–H groups in total. The maximum absolute atomic E-state index is 15.3. The van der Waals surface area contributed by atoms with Gasteiger partial charge in [0.1, 0.15) is 42.3 Å². The molecule has 7 amide bonds. The molecule has 0 saturated carbocycles. The predicted octanol–water partition coefficient (Wildman–Crippen LogP) is -1.62. The number of nitrogens with two attached hydrogens (primary N) is 9. The van der Waals surface area contributed by atoms with Gasteiger partial charge in [0.15, 0.2) is 17.9 Å². The third-order valence-corrected chi connectivity index (χ3v) is 15.8. The van der Waals surface area contributed by atoms with Crippen LogP contribution in [-0.4, -0.2) is 166 Å². The summed E-state index contributed by atoms with van der Waals surface area (Å²) in [6.45, 7) is 0.860. The van der Waals surface area contributed by atoms with Crippen LogP contribution in [0.5, 0.6) is 0 Å². The number of H-pyrrole nitrogens is 3. The van der Waals surface area contributed by atoms with Crippen LogP contribution in [0, 0.1) is 0 Å². The zero-order valence-corrected chi connectivity index (χ0v) is 52.7. The molecule has 0 fully saturated rings. The molecule has 8 atom stereocenters. The maximum atomic E-state index is 15.3. The number of hydrogen-bond donors (Lipinski definition) is 20. The molecule has 0 bridgehead atoms. The van der Waals surface area contributed by atoms with Gasteiger partial charge in [-0.15, -0.1) is 0 Å². The summed E-state index contributed by atoms with van der Waals surface area (Å²) >= 11 is 0. The number of nitrogens with zero attached hydrogens (tertiary/aromatic N) is 3. The van der Waals surface area contributed by atoms with Crippen LogP contribution in [0.2, 0.25) is 0 Å². The second-order valence-electron chi connectivity index (χ2n) is 23.0. The summed E-state index contributed by atoms with van der Waals surface area (Å²) in [5.41, 5.74) is 55.2. The Morgan fingerprint density at radius 2 is 0.649 bits per heavy atom. The number of aliphatic carboxylic acids is 1. The molecule has 31 heteroatoms. The van der Waals surface area contributed by atoms with Crippen molar-refractivity contribution in [1.29, 1.82) is 0 Å². The first-order chi connectivity index (χ1) is 45.1. The van der Waals surface area contributed by atoms with E-state index in [9.17, 15) is 29.1 Å². The number of aliphatic imine (C=N–C) groups is 3. The standard InChI is InChI=1S/C63H92N22O9/c64-25-9-7-17-42(66)53(86)79-47(22-11-27-73-61(67)68)56(89)84-52(32-38-35-78-45-20-6-3-16-41(38)45)59(92)85-51(31-37-34-77-44-19-5-2-15-40(37)44)58(91)80-46(21-8-10-26-65)55(88)83-50(30-36-33-76-43-18-4-1-14-39(36)43)57(90)81-48(23-12-28-74-62(69)70)54(87)82-49(60(93)94)24-13-29-75-63(71)72/h1-6,14-16,18-20,33-35,42,46-52,76-78H,7-13,17,21-32,64-66H2,(H,79,86)(H,80,91)(H,81,90)(H,82,87)(H,83,88)(H,84,89)(H,85,92)(H,93,94)(H4,67,68,73)(H4,69,70,74)(H4,71,72,75)/t42-,46-,47-,48-,49-,50-,51-,52-/m0/s1. The molecule has 0 spiro atoms. The molecule has 0 aliphatic carbocycles. The first kappa shape index (κ1) is 72.8. The van der Waals surface area contributed by atoms with Crippen molar-refractivity contribution in [3.8, 4) is 0 Å². The summed E-state index contributed by atoms with van der Waals surface area (Å²) in [4.78, 5) is 137. The molecule has 3 heterocycles. The van der Waals surface area contributed by atoms with Gasteiger partial charge in [-0.1, -0.05) is 61.0 Å². The average Bonchev–Trinajstić information content (AvgIpc) is 1.67. The lowest BCUT2D eigenvalue weighted by atomic mass is 10.00. The number of carboxylic acids is 1. The topological polar surface area (TPSA) is 560 Å². The number of carboxylic acid groups (broad SMARTS) is 1. The molecule has 0 radical (unpaired) electrons. The fourth-order valence-corrected chi connectivity index (χ4v) is 10.8. The van der Waals surface area contributed by atoms with Crippen LogP contribution < -0.4 is 88.8 Å². The summed E-state index contributed by atoms with van der Waals surface area (Å²) in [6.07, 6.45) is 7.30. The summed E-state index contributed by atoms with van der Waals surface area (Å²) in [5.74, 6) is -7.44. The Labute approximate surface area is 543 Å². The van der Waals surface area contributed by atoms with Crippen molar-refractivity contribution < 1.29 is 43.5 Å². The number of carbonyl (C=O) groups is 8. The molecule has 31 nitrogen and oxygen atoms in total. The number of unbranched alkanes of at least 4 members (excludes halogenated alkanes) is 2. The van der Waals surface area contributed by atoms with E-state index in [2.05, 4.69) is 67.1 Å². The highest BCUT2D eigenvalue weighted by atomic mass is 16.4. The fourth-order valence-electron chi connectivity index (χ4n) is 10.8. The van der Waals surface area contributed by atoms with Gasteiger partial charge < -0.3 is 109 Å². The highest BCUT2D eigenvalue weighted by molar-refractivity contribution is 5.99. The molecule has 94 heavy (non-hydrogen) atoms. The first-order valence-corrected chi connectivity index (χ1v) is 31.5. The lowest BCUT2D eigenvalue weighted by molar-refractivity contribution is -0.142. The monoisotopic (exact) mass is 1300 g/mol. The second kappa shape index (κ2) is 37.3. The number of para-hydroxylation sites is 3. The van der Waals surface area contributed by atoms with Crippen LogP contribution in [0.25, 0.3) is 32.7 Å². The molecule has 0 aliphatic rings. The van der Waals surface area contributed by atoms with Crippen molar-refractivity contribution >= 4 is 97.9 Å². The van der Waals surface area contributed by atoms with Gasteiger partial charge in [-0.3, -0.25) is 48.5 Å². The number of aromatic nitrogens is 3. The van der Waals surface area contributed by atoms with E-state index in [0.29, 0.717) is 55.3 Å². The van der Waals surface area contributed by atoms with Crippen molar-refractivity contribution in [2.24, 2.45) is 66.6 Å². The zero-order chi connectivity index (χ0) is 68.1. The average molecular weight is 1300 g/mol. The van der Waals surface area contributed by atoms with Gasteiger partial charge >= 0.3 is 5.97 Å². The number of aromatic amines is 3. The van der Waals surface area contributed by atoms with Gasteiger partial charge in [-0.05, 0) is 119 Å². The normalized spacial score (nSPS) is 13.8. The summed E-state index contributed by atoms with van der Waals surface area (Å²) < 4.78 is 0. The van der Waals surface area contributed by atoms with E-state index in [4.69, 9.17) is 51.6 Å². The minimum absolute atomic E-state index is 0.00819. The summed E-state index contributed by atoms with van der Waals surface area (Å²) in [5, 5.41) is 31.8. The molecular formula is C63H92N22O9. The molecule has 6 rings (SSSR count). The van der Waals surface area contributed by atoms with E-state index in [1.807, 2.05) is 66.7 Å². The minimum Gasteiger partial charge on any atom is -0.480 e. The smallest absolute Gasteiger partial charge is 0.326 e. The van der Waals surface area contributed by atoms with E-state index in [-0.39, 0.29) is 108 Å². The Morgan fingerprint density at radius 3 is 0.979 bits per heavy atom. The van der Waals surface area contributed by atoms with Gasteiger partial charge in [-0.25, -0.2) is 4.79 Å². The Bertz CT molecular complexity index is 3590. The van der Waals surface area contributed by atoms with Crippen molar-refractivity contribution in [3.63, 3.8) is 0 Å².